The number of hydrogen-bond acceptors (Lipinski definition) is 4. The third-order valence-electron chi connectivity index (χ3n) is 2.73. The van der Waals surface area contributed by atoms with Crippen molar-refractivity contribution in [1.29, 1.82) is 0 Å². The van der Waals surface area contributed by atoms with Crippen LogP contribution in [0.5, 0.6) is 0 Å². The molecule has 1 atom stereocenters. The monoisotopic (exact) mass is 285 g/mol. The second-order valence-electron chi connectivity index (χ2n) is 4.32. The van der Waals surface area contributed by atoms with Crippen LogP contribution in [0.4, 0.5) is 0 Å². The zero-order chi connectivity index (χ0) is 13.0. The minimum atomic E-state index is -0.283. The van der Waals surface area contributed by atoms with Gasteiger partial charge in [0, 0.05) is 18.0 Å². The van der Waals surface area contributed by atoms with Crippen LogP contribution in [-0.4, -0.2) is 28.7 Å². The highest BCUT2D eigenvalue weighted by atomic mass is 35.5. The van der Waals surface area contributed by atoms with Gasteiger partial charge in [0.25, 0.3) is 0 Å². The fourth-order valence-electron chi connectivity index (χ4n) is 1.59. The van der Waals surface area contributed by atoms with E-state index in [0.717, 1.165) is 23.6 Å². The predicted molar refractivity (Wildman–Crippen MR) is 73.7 cm³/mol. The Morgan fingerprint density at radius 1 is 1.67 bits per heavy atom. The Morgan fingerprint density at radius 3 is 3.06 bits per heavy atom. The molecule has 0 aliphatic heterocycles. The maximum Gasteiger partial charge on any atom is 0.234 e. The molecule has 1 heterocycles. The first-order valence-electron chi connectivity index (χ1n) is 5.95. The lowest BCUT2D eigenvalue weighted by atomic mass is 10.2. The van der Waals surface area contributed by atoms with E-state index in [9.17, 15) is 4.79 Å². The maximum atomic E-state index is 11.3. The van der Waals surface area contributed by atoms with Gasteiger partial charge in [0.2, 0.25) is 5.91 Å². The maximum absolute atomic E-state index is 11.3. The zero-order valence-corrected chi connectivity index (χ0v) is 11.5. The number of nitrogens with zero attached hydrogens (tertiary/aromatic N) is 1. The molecule has 2 rings (SSSR count). The van der Waals surface area contributed by atoms with Crippen molar-refractivity contribution in [3.63, 3.8) is 0 Å². The van der Waals surface area contributed by atoms with Crippen molar-refractivity contribution in [2.45, 2.75) is 36.4 Å². The van der Waals surface area contributed by atoms with Crippen molar-refractivity contribution in [3.05, 3.63) is 23.4 Å². The van der Waals surface area contributed by atoms with Gasteiger partial charge in [0.05, 0.1) is 11.1 Å². The van der Waals surface area contributed by atoms with Crippen LogP contribution >= 0.6 is 23.4 Å². The summed E-state index contributed by atoms with van der Waals surface area (Å²) in [6.45, 7) is 0. The summed E-state index contributed by atoms with van der Waals surface area (Å²) in [7, 11) is 0. The fourth-order valence-corrected chi connectivity index (χ4v) is 2.77. The van der Waals surface area contributed by atoms with E-state index in [2.05, 4.69) is 10.3 Å². The average Bonchev–Trinajstić information content (AvgIpc) is 3.14. The first kappa shape index (κ1) is 13.6. The Balaban J connectivity index is 1.79. The highest BCUT2D eigenvalue weighted by Crippen LogP contribution is 2.25. The van der Waals surface area contributed by atoms with E-state index in [1.165, 1.54) is 0 Å². The second kappa shape index (κ2) is 6.41. The third-order valence-corrected chi connectivity index (χ3v) is 4.18. The Labute approximate surface area is 116 Å². The Hall–Kier alpha value is -0.780. The lowest BCUT2D eigenvalue weighted by Crippen LogP contribution is -2.42. The number of primary amides is 1. The molecule has 1 aliphatic rings. The van der Waals surface area contributed by atoms with E-state index in [1.54, 1.807) is 24.0 Å². The number of rotatable bonds is 7. The molecule has 0 saturated heterocycles. The van der Waals surface area contributed by atoms with Crippen LogP contribution in [0.2, 0.25) is 5.02 Å². The minimum Gasteiger partial charge on any atom is -0.368 e. The number of nitrogens with two attached hydrogens (primary N) is 1. The first-order valence-corrected chi connectivity index (χ1v) is 7.32. The topological polar surface area (TPSA) is 68.0 Å². The summed E-state index contributed by atoms with van der Waals surface area (Å²) in [5.41, 5.74) is 5.37. The van der Waals surface area contributed by atoms with Gasteiger partial charge in [-0.05, 0) is 31.4 Å². The summed E-state index contributed by atoms with van der Waals surface area (Å²) >= 11 is 7.56. The van der Waals surface area contributed by atoms with Crippen LogP contribution in [0.15, 0.2) is 23.4 Å². The van der Waals surface area contributed by atoms with Crippen LogP contribution in [0, 0.1) is 0 Å². The van der Waals surface area contributed by atoms with Gasteiger partial charge < -0.3 is 11.1 Å². The van der Waals surface area contributed by atoms with Gasteiger partial charge in [-0.2, -0.15) is 0 Å². The summed E-state index contributed by atoms with van der Waals surface area (Å²) in [5.74, 6) is 0.485. The van der Waals surface area contributed by atoms with E-state index in [4.69, 9.17) is 17.3 Å². The molecule has 1 fully saturated rings. The van der Waals surface area contributed by atoms with Crippen molar-refractivity contribution in [2.24, 2.45) is 5.73 Å². The Kier molecular flexibility index (Phi) is 4.86. The number of amides is 1. The third kappa shape index (κ3) is 4.15. The molecular weight excluding hydrogens is 270 g/mol. The van der Waals surface area contributed by atoms with Gasteiger partial charge in [0.15, 0.2) is 0 Å². The van der Waals surface area contributed by atoms with Crippen LogP contribution in [0.25, 0.3) is 0 Å². The van der Waals surface area contributed by atoms with Crippen molar-refractivity contribution in [1.82, 2.24) is 10.3 Å². The fraction of sp³-hybridized carbons (Fsp3) is 0.500. The Morgan fingerprint density at radius 2 is 2.44 bits per heavy atom. The van der Waals surface area contributed by atoms with Gasteiger partial charge >= 0.3 is 0 Å². The molecule has 6 heteroatoms. The molecule has 1 aliphatic carbocycles. The normalized spacial score (nSPS) is 16.5. The lowest BCUT2D eigenvalue weighted by molar-refractivity contribution is -0.120. The molecule has 1 unspecified atom stereocenters. The molecule has 0 aromatic carbocycles. The molecular formula is C12H16ClN3OS. The van der Waals surface area contributed by atoms with Crippen LogP contribution in [0.1, 0.15) is 19.3 Å². The van der Waals surface area contributed by atoms with E-state index in [0.29, 0.717) is 17.5 Å². The highest BCUT2D eigenvalue weighted by Gasteiger charge is 2.26. The summed E-state index contributed by atoms with van der Waals surface area (Å²) in [6.07, 6.45) is 4.69. The molecule has 4 nitrogen and oxygen atoms in total. The summed E-state index contributed by atoms with van der Waals surface area (Å²) in [6, 6.07) is 3.84. The van der Waals surface area contributed by atoms with Gasteiger partial charge in [-0.1, -0.05) is 11.6 Å². The molecule has 0 radical (unpaired) electrons. The SMILES string of the molecule is NC(=O)C(CCSc1ncccc1Cl)NC1CC1. The number of pyridine rings is 1. The van der Waals surface area contributed by atoms with Crippen LogP contribution in [0.3, 0.4) is 0 Å². The largest absolute Gasteiger partial charge is 0.368 e. The molecule has 3 N–H and O–H groups in total. The summed E-state index contributed by atoms with van der Waals surface area (Å²) < 4.78 is 0. The van der Waals surface area contributed by atoms with Crippen molar-refractivity contribution in [2.75, 3.05) is 5.75 Å². The lowest BCUT2D eigenvalue weighted by Gasteiger charge is -2.14. The minimum absolute atomic E-state index is 0.243. The van der Waals surface area contributed by atoms with Crippen LogP contribution < -0.4 is 11.1 Å². The van der Waals surface area contributed by atoms with E-state index < -0.39 is 0 Å². The van der Waals surface area contributed by atoms with E-state index in [1.807, 2.05) is 6.07 Å². The predicted octanol–water partition coefficient (Wildman–Crippen LogP) is 1.82. The van der Waals surface area contributed by atoms with Gasteiger partial charge in [0.1, 0.15) is 5.03 Å². The highest BCUT2D eigenvalue weighted by molar-refractivity contribution is 7.99. The molecule has 98 valence electrons. The van der Waals surface area contributed by atoms with Crippen molar-refractivity contribution < 1.29 is 4.79 Å². The standard InChI is InChI=1S/C12H16ClN3OS/c13-9-2-1-6-15-12(9)18-7-5-10(11(14)17)16-8-3-4-8/h1-2,6,8,10,16H,3-5,7H2,(H2,14,17). The number of nitrogens with one attached hydrogen (secondary N) is 1. The van der Waals surface area contributed by atoms with E-state index >= 15 is 0 Å². The number of halogens is 1. The molecule has 1 aromatic rings. The first-order chi connectivity index (χ1) is 8.66. The summed E-state index contributed by atoms with van der Waals surface area (Å²) in [5, 5.41) is 4.70. The Bertz CT molecular complexity index is 426. The molecule has 0 bridgehead atoms. The zero-order valence-electron chi connectivity index (χ0n) is 9.93. The van der Waals surface area contributed by atoms with Crippen LogP contribution in [-0.2, 0) is 4.79 Å². The van der Waals surface area contributed by atoms with Crippen molar-refractivity contribution >= 4 is 29.3 Å². The number of carbonyl (C=O) groups excluding carboxylic acids is 1. The van der Waals surface area contributed by atoms with Gasteiger partial charge in [-0.15, -0.1) is 11.8 Å². The smallest absolute Gasteiger partial charge is 0.234 e. The second-order valence-corrected chi connectivity index (χ2v) is 5.81. The summed E-state index contributed by atoms with van der Waals surface area (Å²) in [4.78, 5) is 15.5. The average molecular weight is 286 g/mol. The van der Waals surface area contributed by atoms with E-state index in [-0.39, 0.29) is 11.9 Å². The van der Waals surface area contributed by atoms with Gasteiger partial charge in [-0.25, -0.2) is 4.98 Å². The molecule has 0 spiro atoms. The number of thioether (sulfide) groups is 1. The number of carbonyl (C=O) groups is 1. The number of hydrogen-bond donors (Lipinski definition) is 2. The number of aromatic nitrogens is 1. The molecule has 18 heavy (non-hydrogen) atoms. The molecule has 1 amide bonds. The van der Waals surface area contributed by atoms with Crippen molar-refractivity contribution in [3.8, 4) is 0 Å². The molecule has 1 saturated carbocycles. The quantitative estimate of drug-likeness (QED) is 0.750. The molecule has 1 aromatic heterocycles. The van der Waals surface area contributed by atoms with Gasteiger partial charge in [-0.3, -0.25) is 4.79 Å².